The molecule has 1 N–H and O–H groups in total. The third-order valence-corrected chi connectivity index (χ3v) is 3.36. The van der Waals surface area contributed by atoms with Gasteiger partial charge in [-0.3, -0.25) is 4.79 Å². The van der Waals surface area contributed by atoms with Crippen LogP contribution in [-0.2, 0) is 17.0 Å². The van der Waals surface area contributed by atoms with Gasteiger partial charge in [0, 0.05) is 6.42 Å². The van der Waals surface area contributed by atoms with Crippen LogP contribution in [0.4, 0.5) is 0 Å². The van der Waals surface area contributed by atoms with Gasteiger partial charge in [0.15, 0.2) is 5.82 Å². The van der Waals surface area contributed by atoms with Gasteiger partial charge < -0.3 is 14.4 Å². The lowest BCUT2D eigenvalue weighted by atomic mass is 10.1. The Bertz CT molecular complexity index is 585. The molecule has 0 amide bonds. The molecule has 0 saturated heterocycles. The minimum atomic E-state index is -0.855. The van der Waals surface area contributed by atoms with Gasteiger partial charge in [-0.1, -0.05) is 17.3 Å². The van der Waals surface area contributed by atoms with E-state index in [0.29, 0.717) is 23.9 Å². The smallest absolute Gasteiger partial charge is 0.313 e. The molecule has 0 saturated carbocycles. The molecule has 0 aliphatic rings. The number of thioether (sulfide) groups is 1. The Morgan fingerprint density at radius 2 is 2.35 bits per heavy atom. The molecule has 1 aromatic heterocycles. The summed E-state index contributed by atoms with van der Waals surface area (Å²) in [4.78, 5) is 14.6. The van der Waals surface area contributed by atoms with Crippen molar-refractivity contribution in [3.05, 3.63) is 41.5 Å². The molecule has 0 radical (unpaired) electrons. The SMILES string of the molecule is COc1cccc(Cc2noc(CSCC(=O)O)n2)c1. The number of benzene rings is 1. The van der Waals surface area contributed by atoms with Gasteiger partial charge in [0.25, 0.3) is 0 Å². The second-order valence-electron chi connectivity index (χ2n) is 4.02. The van der Waals surface area contributed by atoms with Crippen molar-refractivity contribution in [1.29, 1.82) is 0 Å². The Labute approximate surface area is 120 Å². The lowest BCUT2D eigenvalue weighted by Gasteiger charge is -2.01. The molecule has 20 heavy (non-hydrogen) atoms. The van der Waals surface area contributed by atoms with Crippen molar-refractivity contribution in [3.63, 3.8) is 0 Å². The van der Waals surface area contributed by atoms with Crippen molar-refractivity contribution < 1.29 is 19.2 Å². The van der Waals surface area contributed by atoms with E-state index >= 15 is 0 Å². The Morgan fingerprint density at radius 3 is 3.10 bits per heavy atom. The highest BCUT2D eigenvalue weighted by Crippen LogP contribution is 2.16. The van der Waals surface area contributed by atoms with E-state index in [1.807, 2.05) is 24.3 Å². The Hall–Kier alpha value is -2.02. The molecule has 0 atom stereocenters. The van der Waals surface area contributed by atoms with Crippen LogP contribution in [0.5, 0.6) is 5.75 Å². The maximum Gasteiger partial charge on any atom is 0.313 e. The summed E-state index contributed by atoms with van der Waals surface area (Å²) in [5, 5.41) is 12.4. The molecule has 106 valence electrons. The first-order chi connectivity index (χ1) is 9.67. The lowest BCUT2D eigenvalue weighted by Crippen LogP contribution is -1.98. The summed E-state index contributed by atoms with van der Waals surface area (Å²) in [5.41, 5.74) is 1.02. The van der Waals surface area contributed by atoms with Crippen LogP contribution >= 0.6 is 11.8 Å². The highest BCUT2D eigenvalue weighted by Gasteiger charge is 2.08. The number of methoxy groups -OCH3 is 1. The molecular weight excluding hydrogens is 280 g/mol. The number of carbonyl (C=O) groups is 1. The zero-order valence-electron chi connectivity index (χ0n) is 10.9. The van der Waals surface area contributed by atoms with Gasteiger partial charge in [0.2, 0.25) is 5.89 Å². The molecular formula is C13H14N2O4S. The lowest BCUT2D eigenvalue weighted by molar-refractivity contribution is -0.133. The maximum absolute atomic E-state index is 10.4. The van der Waals surface area contributed by atoms with Crippen LogP contribution in [0.1, 0.15) is 17.3 Å². The number of hydrogen-bond acceptors (Lipinski definition) is 6. The second-order valence-corrected chi connectivity index (χ2v) is 5.00. The summed E-state index contributed by atoms with van der Waals surface area (Å²) >= 11 is 1.22. The Morgan fingerprint density at radius 1 is 1.50 bits per heavy atom. The fraction of sp³-hybridized carbons (Fsp3) is 0.308. The van der Waals surface area contributed by atoms with Gasteiger partial charge in [0.05, 0.1) is 18.6 Å². The number of hydrogen-bond donors (Lipinski definition) is 1. The van der Waals surface area contributed by atoms with Gasteiger partial charge in [-0.15, -0.1) is 11.8 Å². The van der Waals surface area contributed by atoms with E-state index in [-0.39, 0.29) is 5.75 Å². The fourth-order valence-corrected chi connectivity index (χ4v) is 2.18. The average Bonchev–Trinajstić information content (AvgIpc) is 2.86. The molecule has 2 rings (SSSR count). The molecule has 2 aromatic rings. The molecule has 6 nitrogen and oxygen atoms in total. The van der Waals surface area contributed by atoms with E-state index in [1.165, 1.54) is 11.8 Å². The summed E-state index contributed by atoms with van der Waals surface area (Å²) in [6.45, 7) is 0. The van der Waals surface area contributed by atoms with E-state index in [1.54, 1.807) is 7.11 Å². The molecule has 0 bridgehead atoms. The minimum absolute atomic E-state index is 0.0214. The van der Waals surface area contributed by atoms with Crippen LogP contribution < -0.4 is 4.74 Å². The number of rotatable bonds is 7. The van der Waals surface area contributed by atoms with E-state index in [0.717, 1.165) is 11.3 Å². The standard InChI is InChI=1S/C13H14N2O4S/c1-18-10-4-2-3-9(5-10)6-11-14-12(19-15-11)7-20-8-13(16)17/h2-5H,6-8H2,1H3,(H,16,17). The number of nitrogens with zero attached hydrogens (tertiary/aromatic N) is 2. The fourth-order valence-electron chi connectivity index (χ4n) is 1.61. The number of carboxylic acids is 1. The van der Waals surface area contributed by atoms with Gasteiger partial charge >= 0.3 is 5.97 Å². The highest BCUT2D eigenvalue weighted by molar-refractivity contribution is 7.99. The van der Waals surface area contributed by atoms with E-state index in [4.69, 9.17) is 14.4 Å². The first kappa shape index (κ1) is 14.4. The molecule has 1 heterocycles. The monoisotopic (exact) mass is 294 g/mol. The van der Waals surface area contributed by atoms with Gasteiger partial charge in [-0.25, -0.2) is 0 Å². The van der Waals surface area contributed by atoms with Gasteiger partial charge in [-0.2, -0.15) is 4.98 Å². The number of aromatic nitrogens is 2. The summed E-state index contributed by atoms with van der Waals surface area (Å²) in [7, 11) is 1.62. The summed E-state index contributed by atoms with van der Waals surface area (Å²) in [5.74, 6) is 1.36. The second kappa shape index (κ2) is 6.95. The minimum Gasteiger partial charge on any atom is -0.497 e. The molecule has 7 heteroatoms. The molecule has 0 spiro atoms. The van der Waals surface area contributed by atoms with Gasteiger partial charge in [0.1, 0.15) is 5.75 Å². The molecule has 0 aliphatic heterocycles. The summed E-state index contributed by atoms with van der Waals surface area (Å²) in [6.07, 6.45) is 0.546. The van der Waals surface area contributed by atoms with Crippen LogP contribution in [0.25, 0.3) is 0 Å². The quantitative estimate of drug-likeness (QED) is 0.835. The summed E-state index contributed by atoms with van der Waals surface area (Å²) < 4.78 is 10.2. The van der Waals surface area contributed by atoms with Crippen LogP contribution in [0, 0.1) is 0 Å². The predicted molar refractivity (Wildman–Crippen MR) is 73.9 cm³/mol. The third kappa shape index (κ3) is 4.27. The normalized spacial score (nSPS) is 10.4. The van der Waals surface area contributed by atoms with E-state index in [2.05, 4.69) is 10.1 Å². The zero-order chi connectivity index (χ0) is 14.4. The maximum atomic E-state index is 10.4. The summed E-state index contributed by atoms with van der Waals surface area (Å²) in [6, 6.07) is 7.64. The Kier molecular flexibility index (Phi) is 5.00. The predicted octanol–water partition coefficient (Wildman–Crippen LogP) is 1.99. The van der Waals surface area contributed by atoms with Crippen molar-refractivity contribution in [2.75, 3.05) is 12.9 Å². The average molecular weight is 294 g/mol. The molecule has 1 aromatic carbocycles. The molecule has 0 fully saturated rings. The van der Waals surface area contributed by atoms with Crippen LogP contribution in [0.15, 0.2) is 28.8 Å². The Balaban J connectivity index is 1.93. The molecule has 0 unspecified atom stereocenters. The topological polar surface area (TPSA) is 85.5 Å². The van der Waals surface area contributed by atoms with Crippen LogP contribution in [0.2, 0.25) is 0 Å². The highest BCUT2D eigenvalue weighted by atomic mass is 32.2. The first-order valence-corrected chi connectivity index (χ1v) is 7.07. The van der Waals surface area contributed by atoms with E-state index in [9.17, 15) is 4.79 Å². The van der Waals surface area contributed by atoms with Crippen molar-refractivity contribution in [2.24, 2.45) is 0 Å². The van der Waals surface area contributed by atoms with Crippen molar-refractivity contribution in [2.45, 2.75) is 12.2 Å². The van der Waals surface area contributed by atoms with Crippen molar-refractivity contribution in [3.8, 4) is 5.75 Å². The first-order valence-electron chi connectivity index (χ1n) is 5.91. The van der Waals surface area contributed by atoms with Crippen LogP contribution in [-0.4, -0.2) is 34.1 Å². The molecule has 0 aliphatic carbocycles. The number of ether oxygens (including phenoxy) is 1. The van der Waals surface area contributed by atoms with Crippen molar-refractivity contribution >= 4 is 17.7 Å². The third-order valence-electron chi connectivity index (χ3n) is 2.46. The largest absolute Gasteiger partial charge is 0.497 e. The van der Waals surface area contributed by atoms with Crippen LogP contribution in [0.3, 0.4) is 0 Å². The number of aliphatic carboxylic acids is 1. The van der Waals surface area contributed by atoms with Gasteiger partial charge in [-0.05, 0) is 17.7 Å². The van der Waals surface area contributed by atoms with E-state index < -0.39 is 5.97 Å². The number of carboxylic acid groups (broad SMARTS) is 1. The zero-order valence-corrected chi connectivity index (χ0v) is 11.7. The van der Waals surface area contributed by atoms with Crippen molar-refractivity contribution in [1.82, 2.24) is 10.1 Å².